The van der Waals surface area contributed by atoms with Crippen molar-refractivity contribution in [1.29, 1.82) is 0 Å². The highest BCUT2D eigenvalue weighted by Gasteiger charge is 2.44. The molecule has 80 valence electrons. The number of hydrogen-bond acceptors (Lipinski definition) is 2. The fraction of sp³-hybridized carbons (Fsp3) is 0.636. The summed E-state index contributed by atoms with van der Waals surface area (Å²) in [4.78, 5) is 0.771. The zero-order valence-electron chi connectivity index (χ0n) is 9.23. The third-order valence-electron chi connectivity index (χ3n) is 2.69. The Labute approximate surface area is 89.1 Å². The summed E-state index contributed by atoms with van der Waals surface area (Å²) in [5.74, 6) is 0. The van der Waals surface area contributed by atoms with E-state index in [4.69, 9.17) is 5.73 Å². The molecule has 0 saturated carbocycles. The van der Waals surface area contributed by atoms with Gasteiger partial charge in [0.25, 0.3) is 0 Å². The molecule has 0 aromatic carbocycles. The summed E-state index contributed by atoms with van der Waals surface area (Å²) in [7, 11) is 0. The number of alkyl halides is 1. The van der Waals surface area contributed by atoms with Gasteiger partial charge >= 0.3 is 0 Å². The molecule has 0 aliphatic heterocycles. The quantitative estimate of drug-likeness (QED) is 0.805. The van der Waals surface area contributed by atoms with Gasteiger partial charge in [-0.1, -0.05) is 20.8 Å². The van der Waals surface area contributed by atoms with Crippen LogP contribution in [0.15, 0.2) is 11.4 Å². The van der Waals surface area contributed by atoms with Gasteiger partial charge in [0.05, 0.1) is 0 Å². The van der Waals surface area contributed by atoms with Crippen LogP contribution in [-0.2, 0) is 5.67 Å². The molecule has 3 heteroatoms. The summed E-state index contributed by atoms with van der Waals surface area (Å²) in [5, 5.41) is 1.92. The molecule has 0 aliphatic carbocycles. The minimum absolute atomic E-state index is 0.0395. The fourth-order valence-electron chi connectivity index (χ4n) is 1.52. The lowest BCUT2D eigenvalue weighted by atomic mass is 9.76. The molecule has 0 radical (unpaired) electrons. The molecule has 0 bridgehead atoms. The van der Waals surface area contributed by atoms with Crippen molar-refractivity contribution >= 4 is 11.3 Å². The first-order valence-electron chi connectivity index (χ1n) is 4.76. The van der Waals surface area contributed by atoms with Gasteiger partial charge in [0.1, 0.15) is 0 Å². The minimum Gasteiger partial charge on any atom is -0.327 e. The fourth-order valence-corrected chi connectivity index (χ4v) is 2.76. The highest BCUT2D eigenvalue weighted by atomic mass is 32.1. The van der Waals surface area contributed by atoms with Crippen LogP contribution in [0, 0.1) is 12.3 Å². The molecule has 1 rings (SSSR count). The normalized spacial score (nSPS) is 16.7. The van der Waals surface area contributed by atoms with Crippen LogP contribution in [0.3, 0.4) is 0 Å². The maximum atomic E-state index is 14.7. The van der Waals surface area contributed by atoms with Gasteiger partial charge in [-0.3, -0.25) is 0 Å². The second kappa shape index (κ2) is 3.63. The molecule has 1 aromatic heterocycles. The number of rotatable bonds is 2. The number of nitrogens with two attached hydrogens (primary N) is 1. The number of aryl methyl sites for hydroxylation is 1. The predicted molar refractivity (Wildman–Crippen MR) is 60.4 cm³/mol. The van der Waals surface area contributed by atoms with Crippen molar-refractivity contribution in [1.82, 2.24) is 0 Å². The van der Waals surface area contributed by atoms with E-state index in [9.17, 15) is 4.39 Å². The van der Waals surface area contributed by atoms with Crippen molar-refractivity contribution < 1.29 is 4.39 Å². The van der Waals surface area contributed by atoms with Crippen LogP contribution in [0.4, 0.5) is 4.39 Å². The Balaban J connectivity index is 3.22. The van der Waals surface area contributed by atoms with Gasteiger partial charge < -0.3 is 5.73 Å². The maximum absolute atomic E-state index is 14.7. The first-order chi connectivity index (χ1) is 6.33. The SMILES string of the molecule is Cc1ccsc1C(F)(CN)C(C)(C)C. The highest BCUT2D eigenvalue weighted by Crippen LogP contribution is 2.45. The average Bonchev–Trinajstić information content (AvgIpc) is 2.48. The standard InChI is InChI=1S/C11H18FNS/c1-8-5-6-14-9(8)11(12,7-13)10(2,3)4/h5-6H,7,13H2,1-4H3. The molecular weight excluding hydrogens is 197 g/mol. The maximum Gasteiger partial charge on any atom is 0.162 e. The molecule has 14 heavy (non-hydrogen) atoms. The van der Waals surface area contributed by atoms with E-state index < -0.39 is 11.1 Å². The average molecular weight is 215 g/mol. The molecule has 0 spiro atoms. The van der Waals surface area contributed by atoms with Gasteiger partial charge in [-0.25, -0.2) is 4.39 Å². The van der Waals surface area contributed by atoms with E-state index in [-0.39, 0.29) is 6.54 Å². The number of hydrogen-bond donors (Lipinski definition) is 1. The van der Waals surface area contributed by atoms with E-state index in [0.29, 0.717) is 0 Å². The first-order valence-corrected chi connectivity index (χ1v) is 5.64. The molecule has 1 heterocycles. The lowest BCUT2D eigenvalue weighted by Crippen LogP contribution is -2.42. The number of halogens is 1. The van der Waals surface area contributed by atoms with Crippen molar-refractivity contribution in [3.63, 3.8) is 0 Å². The van der Waals surface area contributed by atoms with Crippen LogP contribution >= 0.6 is 11.3 Å². The summed E-state index contributed by atoms with van der Waals surface area (Å²) in [6, 6.07) is 1.94. The minimum atomic E-state index is -1.41. The van der Waals surface area contributed by atoms with E-state index in [1.165, 1.54) is 11.3 Å². The van der Waals surface area contributed by atoms with Crippen LogP contribution in [0.25, 0.3) is 0 Å². The van der Waals surface area contributed by atoms with Crippen LogP contribution in [0.2, 0.25) is 0 Å². The van der Waals surface area contributed by atoms with Crippen molar-refractivity contribution in [3.8, 4) is 0 Å². The molecule has 1 aromatic rings. The summed E-state index contributed by atoms with van der Waals surface area (Å²) >= 11 is 1.45. The van der Waals surface area contributed by atoms with Gasteiger partial charge in [0.15, 0.2) is 5.67 Å². The second-order valence-electron chi connectivity index (χ2n) is 4.69. The molecule has 1 unspecified atom stereocenters. The molecule has 0 aliphatic rings. The molecule has 1 nitrogen and oxygen atoms in total. The zero-order chi connectivity index (χ0) is 11.0. The molecule has 0 amide bonds. The zero-order valence-corrected chi connectivity index (χ0v) is 10.0. The van der Waals surface area contributed by atoms with Gasteiger partial charge in [-0.2, -0.15) is 0 Å². The van der Waals surface area contributed by atoms with E-state index in [0.717, 1.165) is 10.4 Å². The monoisotopic (exact) mass is 215 g/mol. The third kappa shape index (κ3) is 1.71. The van der Waals surface area contributed by atoms with Gasteiger partial charge in [0, 0.05) is 16.8 Å². The van der Waals surface area contributed by atoms with Gasteiger partial charge in [0.2, 0.25) is 0 Å². The largest absolute Gasteiger partial charge is 0.327 e. The second-order valence-corrected chi connectivity index (χ2v) is 5.60. The van der Waals surface area contributed by atoms with Crippen molar-refractivity contribution in [2.75, 3.05) is 6.54 Å². The number of thiophene rings is 1. The van der Waals surface area contributed by atoms with Gasteiger partial charge in [-0.05, 0) is 23.9 Å². The molecule has 2 N–H and O–H groups in total. The Kier molecular flexibility index (Phi) is 3.02. The van der Waals surface area contributed by atoms with Crippen LogP contribution in [0.5, 0.6) is 0 Å². The Morgan fingerprint density at radius 2 is 2.00 bits per heavy atom. The Hall–Kier alpha value is -0.410. The summed E-state index contributed by atoms with van der Waals surface area (Å²) < 4.78 is 14.7. The highest BCUT2D eigenvalue weighted by molar-refractivity contribution is 7.10. The van der Waals surface area contributed by atoms with Crippen LogP contribution in [0.1, 0.15) is 31.2 Å². The van der Waals surface area contributed by atoms with E-state index in [1.807, 2.05) is 39.1 Å². The molecule has 0 saturated heterocycles. The Bertz CT molecular complexity index is 313. The Morgan fingerprint density at radius 3 is 2.29 bits per heavy atom. The lowest BCUT2D eigenvalue weighted by molar-refractivity contribution is 0.0374. The third-order valence-corrected chi connectivity index (χ3v) is 3.85. The molecular formula is C11H18FNS. The summed E-state index contributed by atoms with van der Waals surface area (Å²) in [6.45, 7) is 7.64. The van der Waals surface area contributed by atoms with Crippen molar-refractivity contribution in [2.45, 2.75) is 33.4 Å². The molecule has 0 fully saturated rings. The van der Waals surface area contributed by atoms with E-state index >= 15 is 0 Å². The van der Waals surface area contributed by atoms with Crippen LogP contribution < -0.4 is 5.73 Å². The summed E-state index contributed by atoms with van der Waals surface area (Å²) in [5.41, 5.74) is 4.71. The van der Waals surface area contributed by atoms with E-state index in [2.05, 4.69) is 0 Å². The Morgan fingerprint density at radius 1 is 1.43 bits per heavy atom. The van der Waals surface area contributed by atoms with Gasteiger partial charge in [-0.15, -0.1) is 11.3 Å². The van der Waals surface area contributed by atoms with Crippen molar-refractivity contribution in [3.05, 3.63) is 21.9 Å². The van der Waals surface area contributed by atoms with Crippen molar-refractivity contribution in [2.24, 2.45) is 11.1 Å². The molecule has 1 atom stereocenters. The van der Waals surface area contributed by atoms with Crippen LogP contribution in [-0.4, -0.2) is 6.54 Å². The smallest absolute Gasteiger partial charge is 0.162 e. The predicted octanol–water partition coefficient (Wildman–Crippen LogP) is 3.23. The topological polar surface area (TPSA) is 26.0 Å². The summed E-state index contributed by atoms with van der Waals surface area (Å²) in [6.07, 6.45) is 0. The first kappa shape index (κ1) is 11.7. The van der Waals surface area contributed by atoms with E-state index in [1.54, 1.807) is 0 Å². The lowest BCUT2D eigenvalue weighted by Gasteiger charge is -2.36.